The number of hydrogen-bond acceptors (Lipinski definition) is 3. The summed E-state index contributed by atoms with van der Waals surface area (Å²) in [4.78, 5) is 5.13. The molecule has 3 nitrogen and oxygen atoms in total. The number of rotatable bonds is 8. The summed E-state index contributed by atoms with van der Waals surface area (Å²) in [5.41, 5.74) is 5.62. The van der Waals surface area contributed by atoms with Crippen molar-refractivity contribution in [1.29, 1.82) is 0 Å². The molecule has 3 aromatic rings. The monoisotopic (exact) mass is 526 g/mol. The molecule has 0 saturated carbocycles. The van der Waals surface area contributed by atoms with E-state index >= 15 is 0 Å². The largest absolute Gasteiger partial charge is 0.492 e. The van der Waals surface area contributed by atoms with E-state index in [-0.39, 0.29) is 24.8 Å². The fourth-order valence-corrected chi connectivity index (χ4v) is 5.50. The average molecular weight is 528 g/mol. The van der Waals surface area contributed by atoms with Crippen LogP contribution in [-0.2, 0) is 26.1 Å². The zero-order valence-electron chi connectivity index (χ0n) is 21.2. The van der Waals surface area contributed by atoms with Crippen molar-refractivity contribution in [2.75, 3.05) is 26.2 Å². The van der Waals surface area contributed by atoms with E-state index in [2.05, 4.69) is 88.7 Å². The topological polar surface area (TPSA) is 15.7 Å². The fraction of sp³-hybridized carbons (Fsp3) is 0.419. The molecular weight excluding hydrogens is 487 g/mol. The smallest absolute Gasteiger partial charge is 0.123 e. The highest BCUT2D eigenvalue weighted by Crippen LogP contribution is 2.28. The maximum atomic E-state index is 6.08. The van der Waals surface area contributed by atoms with Gasteiger partial charge in [0.1, 0.15) is 12.4 Å². The minimum absolute atomic E-state index is 0. The molecule has 5 heteroatoms. The Morgan fingerprint density at radius 3 is 2.00 bits per heavy atom. The van der Waals surface area contributed by atoms with Crippen LogP contribution in [0.1, 0.15) is 47.9 Å². The lowest BCUT2D eigenvalue weighted by Gasteiger charge is -2.32. The third kappa shape index (κ3) is 8.24. The number of ether oxygens (including phenoxy) is 1. The van der Waals surface area contributed by atoms with Crippen LogP contribution in [0.4, 0.5) is 0 Å². The lowest BCUT2D eigenvalue weighted by molar-refractivity contribution is 0.171. The standard InChI is InChI=1S/C31H38N2O.2ClH/c1-3-8-28(9-4-1)23-32-18-16-26(17-19-32)12-7-13-27-14-15-31-30(22-27)25-33(20-21-34-31)24-29-10-5-2-6-11-29;;/h1-6,8-11,14-15,22,26H,7,12-13,16-21,23-25H2;2*1H. The van der Waals surface area contributed by atoms with Crippen LogP contribution in [0, 0.1) is 5.92 Å². The van der Waals surface area contributed by atoms with Crippen molar-refractivity contribution < 1.29 is 4.74 Å². The Bertz CT molecular complexity index is 1020. The minimum Gasteiger partial charge on any atom is -0.492 e. The summed E-state index contributed by atoms with van der Waals surface area (Å²) in [6.45, 7) is 7.28. The van der Waals surface area contributed by atoms with Gasteiger partial charge < -0.3 is 4.74 Å². The molecule has 1 saturated heterocycles. The van der Waals surface area contributed by atoms with E-state index < -0.39 is 0 Å². The number of aryl methyl sites for hydroxylation is 1. The van der Waals surface area contributed by atoms with Crippen molar-refractivity contribution in [2.24, 2.45) is 5.92 Å². The Balaban J connectivity index is 0.00000180. The highest BCUT2D eigenvalue weighted by Gasteiger charge is 2.19. The number of fused-ring (bicyclic) bond motifs is 1. The van der Waals surface area contributed by atoms with Crippen LogP contribution in [0.3, 0.4) is 0 Å². The van der Waals surface area contributed by atoms with Crippen LogP contribution in [-0.4, -0.2) is 36.0 Å². The molecule has 0 N–H and O–H groups in total. The van der Waals surface area contributed by atoms with Gasteiger partial charge in [-0.1, -0.05) is 79.2 Å². The molecule has 0 amide bonds. The summed E-state index contributed by atoms with van der Waals surface area (Å²) in [5, 5.41) is 0. The lowest BCUT2D eigenvalue weighted by atomic mass is 9.90. The molecule has 0 spiro atoms. The molecule has 0 aromatic heterocycles. The molecule has 2 aliphatic rings. The first-order valence-electron chi connectivity index (χ1n) is 13.1. The molecule has 3 aromatic carbocycles. The van der Waals surface area contributed by atoms with Gasteiger partial charge in [-0.25, -0.2) is 0 Å². The molecule has 0 aliphatic carbocycles. The Labute approximate surface area is 229 Å². The Morgan fingerprint density at radius 2 is 1.33 bits per heavy atom. The van der Waals surface area contributed by atoms with Crippen LogP contribution in [0.15, 0.2) is 78.9 Å². The normalized spacial score (nSPS) is 16.7. The third-order valence-corrected chi connectivity index (χ3v) is 7.47. The van der Waals surface area contributed by atoms with Crippen molar-refractivity contribution in [2.45, 2.75) is 51.7 Å². The predicted molar refractivity (Wildman–Crippen MR) is 154 cm³/mol. The van der Waals surface area contributed by atoms with Crippen molar-refractivity contribution in [3.63, 3.8) is 0 Å². The van der Waals surface area contributed by atoms with Crippen molar-refractivity contribution in [1.82, 2.24) is 9.80 Å². The Kier molecular flexibility index (Phi) is 11.6. The van der Waals surface area contributed by atoms with Crippen molar-refractivity contribution in [3.05, 3.63) is 101 Å². The summed E-state index contributed by atoms with van der Waals surface area (Å²) in [5.74, 6) is 1.96. The van der Waals surface area contributed by atoms with E-state index in [4.69, 9.17) is 4.74 Å². The first-order chi connectivity index (χ1) is 16.8. The second-order valence-electron chi connectivity index (χ2n) is 10.1. The number of benzene rings is 3. The zero-order valence-corrected chi connectivity index (χ0v) is 22.8. The van der Waals surface area contributed by atoms with Gasteiger partial charge in [-0.05, 0) is 67.4 Å². The maximum Gasteiger partial charge on any atom is 0.123 e. The van der Waals surface area contributed by atoms with Gasteiger partial charge in [-0.15, -0.1) is 24.8 Å². The first-order valence-corrected chi connectivity index (χ1v) is 13.1. The summed E-state index contributed by atoms with van der Waals surface area (Å²) < 4.78 is 6.08. The van der Waals surface area contributed by atoms with Gasteiger partial charge in [-0.2, -0.15) is 0 Å². The van der Waals surface area contributed by atoms with Crippen molar-refractivity contribution >= 4 is 24.8 Å². The number of likely N-dealkylation sites (tertiary alicyclic amines) is 1. The van der Waals surface area contributed by atoms with Gasteiger partial charge in [0, 0.05) is 31.7 Å². The van der Waals surface area contributed by atoms with Crippen LogP contribution >= 0.6 is 24.8 Å². The molecule has 2 aliphatic heterocycles. The summed E-state index contributed by atoms with van der Waals surface area (Å²) in [6, 6.07) is 28.6. The number of nitrogens with zero attached hydrogens (tertiary/aromatic N) is 2. The van der Waals surface area contributed by atoms with E-state index in [1.807, 2.05) is 0 Å². The quantitative estimate of drug-likeness (QED) is 0.309. The van der Waals surface area contributed by atoms with E-state index in [9.17, 15) is 0 Å². The molecule has 0 atom stereocenters. The van der Waals surface area contributed by atoms with E-state index in [1.54, 1.807) is 0 Å². The summed E-state index contributed by atoms with van der Waals surface area (Å²) in [6.07, 6.45) is 6.51. The van der Waals surface area contributed by atoms with Gasteiger partial charge in [0.25, 0.3) is 0 Å². The van der Waals surface area contributed by atoms with Crippen LogP contribution in [0.25, 0.3) is 0 Å². The highest BCUT2D eigenvalue weighted by molar-refractivity contribution is 5.85. The van der Waals surface area contributed by atoms with Gasteiger partial charge in [0.05, 0.1) is 0 Å². The Hall–Kier alpha value is -2.04. The van der Waals surface area contributed by atoms with E-state index in [0.717, 1.165) is 44.5 Å². The molecule has 1 fully saturated rings. The van der Waals surface area contributed by atoms with Crippen LogP contribution in [0.5, 0.6) is 5.75 Å². The minimum atomic E-state index is 0. The van der Waals surface area contributed by atoms with Crippen LogP contribution in [0.2, 0.25) is 0 Å². The summed E-state index contributed by atoms with van der Waals surface area (Å²) >= 11 is 0. The highest BCUT2D eigenvalue weighted by atomic mass is 35.5. The molecule has 36 heavy (non-hydrogen) atoms. The molecule has 0 bridgehead atoms. The second-order valence-corrected chi connectivity index (χ2v) is 10.1. The molecular formula is C31H40Cl2N2O. The third-order valence-electron chi connectivity index (χ3n) is 7.47. The average Bonchev–Trinajstić information content (AvgIpc) is 3.08. The SMILES string of the molecule is Cl.Cl.c1ccc(CN2CCC(CCCc3ccc4c(c3)CN(Cc3ccccc3)CCO4)CC2)cc1. The molecule has 194 valence electrons. The lowest BCUT2D eigenvalue weighted by Crippen LogP contribution is -2.33. The molecule has 5 rings (SSSR count). The van der Waals surface area contributed by atoms with E-state index in [1.165, 1.54) is 67.4 Å². The zero-order chi connectivity index (χ0) is 23.0. The first kappa shape index (κ1) is 28.5. The predicted octanol–water partition coefficient (Wildman–Crippen LogP) is 7.16. The Morgan fingerprint density at radius 1 is 0.694 bits per heavy atom. The van der Waals surface area contributed by atoms with Crippen LogP contribution < -0.4 is 4.74 Å². The maximum absolute atomic E-state index is 6.08. The van der Waals surface area contributed by atoms with Gasteiger partial charge >= 0.3 is 0 Å². The summed E-state index contributed by atoms with van der Waals surface area (Å²) in [7, 11) is 0. The number of piperidine rings is 1. The van der Waals surface area contributed by atoms with Gasteiger partial charge in [-0.3, -0.25) is 9.80 Å². The molecule has 0 radical (unpaired) electrons. The second kappa shape index (κ2) is 14.6. The molecule has 0 unspecified atom stereocenters. The number of halogens is 2. The molecule has 2 heterocycles. The van der Waals surface area contributed by atoms with E-state index in [0.29, 0.717) is 0 Å². The number of hydrogen-bond donors (Lipinski definition) is 0. The fourth-order valence-electron chi connectivity index (χ4n) is 5.50. The van der Waals surface area contributed by atoms with Gasteiger partial charge in [0.15, 0.2) is 0 Å². The van der Waals surface area contributed by atoms with Gasteiger partial charge in [0.2, 0.25) is 0 Å². The van der Waals surface area contributed by atoms with Crippen molar-refractivity contribution in [3.8, 4) is 5.75 Å².